The third-order valence-corrected chi connectivity index (χ3v) is 4.57. The summed E-state index contributed by atoms with van der Waals surface area (Å²) in [6.07, 6.45) is 1.37. The van der Waals surface area contributed by atoms with Crippen molar-refractivity contribution in [3.8, 4) is 5.75 Å². The SMILES string of the molecule is Cc1cccc(OCc2ccc(C(=O)N/N=C\c3ccc(F)s3)o2)c1C. The topological polar surface area (TPSA) is 63.8 Å². The molecule has 0 spiro atoms. The molecule has 0 atom stereocenters. The number of benzene rings is 1. The van der Waals surface area contributed by atoms with Gasteiger partial charge in [0.1, 0.15) is 18.1 Å². The highest BCUT2D eigenvalue weighted by Crippen LogP contribution is 2.22. The van der Waals surface area contributed by atoms with E-state index in [1.165, 1.54) is 12.3 Å². The van der Waals surface area contributed by atoms with Gasteiger partial charge in [0.05, 0.1) is 11.1 Å². The summed E-state index contributed by atoms with van der Waals surface area (Å²) in [5, 5.41) is 3.48. The van der Waals surface area contributed by atoms with Crippen LogP contribution in [0, 0.1) is 19.0 Å². The predicted octanol–water partition coefficient (Wildman–Crippen LogP) is 4.44. The first-order valence-corrected chi connectivity index (χ1v) is 8.71. The maximum absolute atomic E-state index is 12.9. The highest BCUT2D eigenvalue weighted by atomic mass is 32.1. The number of nitrogens with one attached hydrogen (secondary N) is 1. The predicted molar refractivity (Wildman–Crippen MR) is 98.3 cm³/mol. The Bertz CT molecular complexity index is 946. The fraction of sp³-hybridized carbons (Fsp3) is 0.158. The van der Waals surface area contributed by atoms with Gasteiger partial charge in [0, 0.05) is 0 Å². The maximum atomic E-state index is 12.9. The van der Waals surface area contributed by atoms with Crippen molar-refractivity contribution in [2.75, 3.05) is 0 Å². The number of aryl methyl sites for hydroxylation is 1. The van der Waals surface area contributed by atoms with Crippen LogP contribution in [0.15, 0.2) is 52.0 Å². The third-order valence-electron chi connectivity index (χ3n) is 3.76. The molecule has 2 heterocycles. The number of ether oxygens (including phenoxy) is 1. The van der Waals surface area contributed by atoms with Crippen molar-refractivity contribution in [2.45, 2.75) is 20.5 Å². The molecular formula is C19H17FN2O3S. The molecular weight excluding hydrogens is 355 g/mol. The zero-order valence-electron chi connectivity index (χ0n) is 14.3. The molecule has 7 heteroatoms. The second kappa shape index (κ2) is 7.97. The van der Waals surface area contributed by atoms with Gasteiger partial charge in [0.25, 0.3) is 0 Å². The number of thiophene rings is 1. The number of carbonyl (C=O) groups is 1. The Kier molecular flexibility index (Phi) is 5.48. The Morgan fingerprint density at radius 2 is 2.12 bits per heavy atom. The lowest BCUT2D eigenvalue weighted by Crippen LogP contribution is -2.16. The minimum absolute atomic E-state index is 0.124. The number of nitrogens with zero attached hydrogens (tertiary/aromatic N) is 1. The van der Waals surface area contributed by atoms with E-state index in [2.05, 4.69) is 10.5 Å². The number of hydrogen-bond donors (Lipinski definition) is 1. The molecule has 3 aromatic rings. The largest absolute Gasteiger partial charge is 0.485 e. The van der Waals surface area contributed by atoms with E-state index in [4.69, 9.17) is 9.15 Å². The van der Waals surface area contributed by atoms with Crippen molar-refractivity contribution in [3.63, 3.8) is 0 Å². The number of carbonyl (C=O) groups excluding carboxylic acids is 1. The van der Waals surface area contributed by atoms with Crippen LogP contribution in [0.25, 0.3) is 0 Å². The molecule has 2 aromatic heterocycles. The van der Waals surface area contributed by atoms with Gasteiger partial charge < -0.3 is 9.15 Å². The van der Waals surface area contributed by atoms with Crippen LogP contribution in [0.2, 0.25) is 0 Å². The number of amides is 1. The lowest BCUT2D eigenvalue weighted by Gasteiger charge is -2.09. The van der Waals surface area contributed by atoms with Crippen LogP contribution in [0.3, 0.4) is 0 Å². The summed E-state index contributed by atoms with van der Waals surface area (Å²) in [7, 11) is 0. The zero-order chi connectivity index (χ0) is 18.5. The van der Waals surface area contributed by atoms with Gasteiger partial charge in [0.15, 0.2) is 10.9 Å². The molecule has 1 N–H and O–H groups in total. The van der Waals surface area contributed by atoms with Crippen molar-refractivity contribution in [1.29, 1.82) is 0 Å². The summed E-state index contributed by atoms with van der Waals surface area (Å²) in [5.41, 5.74) is 4.55. The number of hydrazone groups is 1. The molecule has 0 aliphatic heterocycles. The molecule has 0 bridgehead atoms. The summed E-state index contributed by atoms with van der Waals surface area (Å²) in [6, 6.07) is 12.0. The molecule has 134 valence electrons. The molecule has 3 rings (SSSR count). The Morgan fingerprint density at radius 3 is 2.88 bits per heavy atom. The Labute approximate surface area is 154 Å². The fourth-order valence-corrected chi connectivity index (χ4v) is 2.82. The molecule has 0 fully saturated rings. The lowest BCUT2D eigenvalue weighted by molar-refractivity contribution is 0.0923. The summed E-state index contributed by atoms with van der Waals surface area (Å²) in [4.78, 5) is 12.6. The Morgan fingerprint density at radius 1 is 1.27 bits per heavy atom. The van der Waals surface area contributed by atoms with Crippen LogP contribution in [0.5, 0.6) is 5.75 Å². The van der Waals surface area contributed by atoms with Crippen molar-refractivity contribution in [2.24, 2.45) is 5.10 Å². The summed E-state index contributed by atoms with van der Waals surface area (Å²) >= 11 is 0.939. The number of rotatable bonds is 6. The van der Waals surface area contributed by atoms with E-state index >= 15 is 0 Å². The van der Waals surface area contributed by atoms with Crippen molar-refractivity contribution in [3.05, 3.63) is 75.1 Å². The van der Waals surface area contributed by atoms with E-state index in [-0.39, 0.29) is 17.5 Å². The van der Waals surface area contributed by atoms with Gasteiger partial charge in [-0.2, -0.15) is 9.49 Å². The monoisotopic (exact) mass is 372 g/mol. The molecule has 1 aromatic carbocycles. The smallest absolute Gasteiger partial charge is 0.307 e. The first kappa shape index (κ1) is 17.9. The van der Waals surface area contributed by atoms with E-state index in [0.29, 0.717) is 10.6 Å². The second-order valence-electron chi connectivity index (χ2n) is 5.59. The normalized spacial score (nSPS) is 11.0. The van der Waals surface area contributed by atoms with Crippen LogP contribution in [0.1, 0.15) is 32.3 Å². The molecule has 0 radical (unpaired) electrons. The first-order valence-electron chi connectivity index (χ1n) is 7.89. The maximum Gasteiger partial charge on any atom is 0.307 e. The summed E-state index contributed by atoms with van der Waals surface area (Å²) in [5.74, 6) is 0.941. The van der Waals surface area contributed by atoms with Crippen LogP contribution < -0.4 is 10.2 Å². The minimum atomic E-state index is -0.490. The van der Waals surface area contributed by atoms with Crippen molar-refractivity contribution >= 4 is 23.5 Å². The number of hydrogen-bond acceptors (Lipinski definition) is 5. The van der Waals surface area contributed by atoms with Gasteiger partial charge in [-0.15, -0.1) is 11.3 Å². The van der Waals surface area contributed by atoms with Gasteiger partial charge in [-0.25, -0.2) is 5.43 Å². The van der Waals surface area contributed by atoms with Gasteiger partial charge >= 0.3 is 5.91 Å². The number of furan rings is 1. The van der Waals surface area contributed by atoms with E-state index in [1.807, 2.05) is 32.0 Å². The third kappa shape index (κ3) is 4.37. The van der Waals surface area contributed by atoms with E-state index in [1.54, 1.807) is 18.2 Å². The Balaban J connectivity index is 1.56. The molecule has 0 aliphatic rings. The van der Waals surface area contributed by atoms with E-state index in [9.17, 15) is 9.18 Å². The molecule has 0 saturated heterocycles. The van der Waals surface area contributed by atoms with Gasteiger partial charge in [-0.3, -0.25) is 4.79 Å². The van der Waals surface area contributed by atoms with Crippen LogP contribution in [-0.2, 0) is 6.61 Å². The highest BCUT2D eigenvalue weighted by molar-refractivity contribution is 7.12. The van der Waals surface area contributed by atoms with Crippen LogP contribution >= 0.6 is 11.3 Å². The van der Waals surface area contributed by atoms with Crippen LogP contribution in [-0.4, -0.2) is 12.1 Å². The lowest BCUT2D eigenvalue weighted by atomic mass is 10.1. The average Bonchev–Trinajstić information content (AvgIpc) is 3.25. The van der Waals surface area contributed by atoms with Crippen molar-refractivity contribution < 1.29 is 18.3 Å². The van der Waals surface area contributed by atoms with E-state index < -0.39 is 5.91 Å². The molecule has 0 saturated carbocycles. The van der Waals surface area contributed by atoms with Crippen molar-refractivity contribution in [1.82, 2.24) is 5.43 Å². The average molecular weight is 372 g/mol. The Hall–Kier alpha value is -2.93. The first-order chi connectivity index (χ1) is 12.5. The number of halogens is 1. The molecule has 5 nitrogen and oxygen atoms in total. The summed E-state index contributed by atoms with van der Waals surface area (Å²) < 4.78 is 24.1. The summed E-state index contributed by atoms with van der Waals surface area (Å²) in [6.45, 7) is 4.22. The molecule has 1 amide bonds. The minimum Gasteiger partial charge on any atom is -0.485 e. The van der Waals surface area contributed by atoms with E-state index in [0.717, 1.165) is 28.2 Å². The zero-order valence-corrected chi connectivity index (χ0v) is 15.1. The standard InChI is InChI=1S/C19H17FN2O3S/c1-12-4-3-5-16(13(12)2)24-11-14-6-8-17(25-14)19(23)22-21-10-15-7-9-18(20)26-15/h3-10H,11H2,1-2H3,(H,22,23)/b21-10-. The van der Waals surface area contributed by atoms with Gasteiger partial charge in [-0.1, -0.05) is 12.1 Å². The molecule has 0 aliphatic carbocycles. The van der Waals surface area contributed by atoms with Gasteiger partial charge in [-0.05, 0) is 55.3 Å². The van der Waals surface area contributed by atoms with Crippen LogP contribution in [0.4, 0.5) is 4.39 Å². The van der Waals surface area contributed by atoms with Gasteiger partial charge in [0.2, 0.25) is 0 Å². The fourth-order valence-electron chi connectivity index (χ4n) is 2.21. The molecule has 26 heavy (non-hydrogen) atoms. The second-order valence-corrected chi connectivity index (χ2v) is 6.66. The quantitative estimate of drug-likeness (QED) is 0.514. The molecule has 0 unspecified atom stereocenters. The highest BCUT2D eigenvalue weighted by Gasteiger charge is 2.11.